The molecule has 9 heteroatoms. The molecule has 0 atom stereocenters. The summed E-state index contributed by atoms with van der Waals surface area (Å²) in [6.45, 7) is 2.37. The number of hydrogen-bond acceptors (Lipinski definition) is 5. The van der Waals surface area contributed by atoms with Gasteiger partial charge in [-0.3, -0.25) is 4.98 Å². The van der Waals surface area contributed by atoms with E-state index < -0.39 is 16.1 Å². The van der Waals surface area contributed by atoms with Crippen molar-refractivity contribution in [2.75, 3.05) is 11.9 Å². The molecule has 0 bridgehead atoms. The van der Waals surface area contributed by atoms with Gasteiger partial charge in [0.15, 0.2) is 0 Å². The number of anilines is 2. The van der Waals surface area contributed by atoms with E-state index in [4.69, 9.17) is 11.6 Å². The van der Waals surface area contributed by atoms with Crippen LogP contribution in [0.15, 0.2) is 47.6 Å². The fourth-order valence-electron chi connectivity index (χ4n) is 2.01. The molecule has 0 saturated heterocycles. The Hall–Kier alpha value is -2.32. The second kappa shape index (κ2) is 8.68. The molecule has 2 amide bonds. The number of nitrogens with one attached hydrogen (secondary N) is 3. The van der Waals surface area contributed by atoms with E-state index in [9.17, 15) is 13.2 Å². The summed E-state index contributed by atoms with van der Waals surface area (Å²) in [6.07, 6.45) is 4.28. The van der Waals surface area contributed by atoms with Crippen LogP contribution >= 0.6 is 11.6 Å². The number of halogens is 1. The summed E-state index contributed by atoms with van der Waals surface area (Å²) in [5, 5.41) is 5.98. The Labute approximate surface area is 151 Å². The Kier molecular flexibility index (Phi) is 6.60. The zero-order chi connectivity index (χ0) is 18.3. The lowest BCUT2D eigenvalue weighted by atomic mass is 10.3. The number of nitrogens with zero attached hydrogens (tertiary/aromatic N) is 1. The number of carbonyl (C=O) groups excluding carboxylic acids is 1. The first-order valence-corrected chi connectivity index (χ1v) is 9.55. The van der Waals surface area contributed by atoms with Crippen LogP contribution in [0.25, 0.3) is 0 Å². The maximum Gasteiger partial charge on any atom is 0.328 e. The Bertz CT molecular complexity index is 843. The van der Waals surface area contributed by atoms with E-state index in [1.54, 1.807) is 24.3 Å². The number of amides is 2. The molecule has 0 radical (unpaired) electrons. The predicted octanol–water partition coefficient (Wildman–Crippen LogP) is 3.27. The molecule has 0 spiro atoms. The zero-order valence-corrected chi connectivity index (χ0v) is 15.2. The van der Waals surface area contributed by atoms with E-state index in [0.29, 0.717) is 17.3 Å². The van der Waals surface area contributed by atoms with Crippen LogP contribution in [0.5, 0.6) is 0 Å². The van der Waals surface area contributed by atoms with E-state index in [-0.39, 0.29) is 10.6 Å². The molecule has 2 aromatic rings. The number of urea groups is 1. The summed E-state index contributed by atoms with van der Waals surface area (Å²) < 4.78 is 26.9. The molecule has 134 valence electrons. The molecule has 0 aliphatic rings. The van der Waals surface area contributed by atoms with Gasteiger partial charge in [0.25, 0.3) is 10.0 Å². The van der Waals surface area contributed by atoms with Crippen molar-refractivity contribution in [3.8, 4) is 0 Å². The number of sulfonamides is 1. The second-order valence-electron chi connectivity index (χ2n) is 5.22. The Balaban J connectivity index is 2.19. The molecule has 1 heterocycles. The Morgan fingerprint density at radius 1 is 1.28 bits per heavy atom. The molecule has 0 saturated carbocycles. The topological polar surface area (TPSA) is 100 Å². The highest BCUT2D eigenvalue weighted by Gasteiger charge is 2.21. The number of pyridine rings is 1. The van der Waals surface area contributed by atoms with Gasteiger partial charge in [-0.05, 0) is 30.7 Å². The highest BCUT2D eigenvalue weighted by Crippen LogP contribution is 2.25. The maximum absolute atomic E-state index is 12.5. The normalized spacial score (nSPS) is 11.0. The third kappa shape index (κ3) is 5.61. The number of carbonyl (C=O) groups is 1. The van der Waals surface area contributed by atoms with E-state index >= 15 is 0 Å². The maximum atomic E-state index is 12.5. The van der Waals surface area contributed by atoms with E-state index in [1.807, 2.05) is 11.6 Å². The fraction of sp³-hybridized carbons (Fsp3) is 0.250. The molecule has 0 aliphatic heterocycles. The van der Waals surface area contributed by atoms with Gasteiger partial charge in [0.1, 0.15) is 4.90 Å². The van der Waals surface area contributed by atoms with Crippen molar-refractivity contribution >= 4 is 39.0 Å². The lowest BCUT2D eigenvalue weighted by molar-refractivity contribution is 0.245. The molecule has 1 aromatic carbocycles. The summed E-state index contributed by atoms with van der Waals surface area (Å²) in [5.41, 5.74) is 0.897. The molecular formula is C16H19ClN4O3S. The van der Waals surface area contributed by atoms with E-state index in [2.05, 4.69) is 15.6 Å². The molecule has 0 fully saturated rings. The smallest absolute Gasteiger partial charge is 0.328 e. The van der Waals surface area contributed by atoms with Crippen LogP contribution in [0, 0.1) is 0 Å². The summed E-state index contributed by atoms with van der Waals surface area (Å²) in [5.74, 6) is 0. The number of unbranched alkanes of at least 4 members (excludes halogenated alkanes) is 1. The first-order chi connectivity index (χ1) is 11.9. The largest absolute Gasteiger partial charge is 0.354 e. The van der Waals surface area contributed by atoms with Gasteiger partial charge < -0.3 is 10.6 Å². The molecule has 1 aromatic heterocycles. The molecule has 3 N–H and O–H groups in total. The first-order valence-electron chi connectivity index (χ1n) is 7.69. The average molecular weight is 383 g/mol. The quantitative estimate of drug-likeness (QED) is 0.638. The zero-order valence-electron chi connectivity index (χ0n) is 13.6. The van der Waals surface area contributed by atoms with Crippen molar-refractivity contribution in [1.82, 2.24) is 15.0 Å². The Morgan fingerprint density at radius 2 is 2.08 bits per heavy atom. The first kappa shape index (κ1) is 19.0. The Morgan fingerprint density at radius 3 is 2.80 bits per heavy atom. The van der Waals surface area contributed by atoms with Crippen molar-refractivity contribution < 1.29 is 13.2 Å². The number of aromatic nitrogens is 1. The minimum Gasteiger partial charge on any atom is -0.354 e. The SMILES string of the molecule is CCCCNC(=O)NS(=O)(=O)c1cnccc1Nc1cccc(Cl)c1. The van der Waals surface area contributed by atoms with Crippen LogP contribution in [0.1, 0.15) is 19.8 Å². The lowest BCUT2D eigenvalue weighted by Gasteiger charge is -2.13. The van der Waals surface area contributed by atoms with Gasteiger partial charge in [-0.1, -0.05) is 31.0 Å². The van der Waals surface area contributed by atoms with Crippen LogP contribution < -0.4 is 15.4 Å². The van der Waals surface area contributed by atoms with Crippen molar-refractivity contribution in [2.24, 2.45) is 0 Å². The lowest BCUT2D eigenvalue weighted by Crippen LogP contribution is -2.39. The highest BCUT2D eigenvalue weighted by molar-refractivity contribution is 7.90. The standard InChI is InChI=1S/C16H19ClN4O3S/c1-2-3-8-19-16(22)21-25(23,24)15-11-18-9-7-14(15)20-13-6-4-5-12(17)10-13/h4-7,9-11H,2-3,8H2,1H3,(H,18,20)(H2,19,21,22). The van der Waals surface area contributed by atoms with Crippen LogP contribution in [-0.4, -0.2) is 26.0 Å². The van der Waals surface area contributed by atoms with E-state index in [1.165, 1.54) is 18.5 Å². The van der Waals surface area contributed by atoms with Gasteiger partial charge in [-0.2, -0.15) is 0 Å². The van der Waals surface area contributed by atoms with Crippen molar-refractivity contribution in [3.63, 3.8) is 0 Å². The monoisotopic (exact) mass is 382 g/mol. The number of rotatable bonds is 7. The highest BCUT2D eigenvalue weighted by atomic mass is 35.5. The number of hydrogen-bond donors (Lipinski definition) is 3. The van der Waals surface area contributed by atoms with Crippen molar-refractivity contribution in [2.45, 2.75) is 24.7 Å². The van der Waals surface area contributed by atoms with Gasteiger partial charge in [-0.15, -0.1) is 0 Å². The predicted molar refractivity (Wildman–Crippen MR) is 97.6 cm³/mol. The number of benzene rings is 1. The van der Waals surface area contributed by atoms with Crippen molar-refractivity contribution in [3.05, 3.63) is 47.7 Å². The van der Waals surface area contributed by atoms with Gasteiger partial charge in [0.2, 0.25) is 0 Å². The molecule has 7 nitrogen and oxygen atoms in total. The van der Waals surface area contributed by atoms with Gasteiger partial charge >= 0.3 is 6.03 Å². The second-order valence-corrected chi connectivity index (χ2v) is 7.31. The minimum absolute atomic E-state index is 0.138. The van der Waals surface area contributed by atoms with Crippen LogP contribution in [0.2, 0.25) is 5.02 Å². The minimum atomic E-state index is -4.08. The molecule has 0 unspecified atom stereocenters. The summed E-state index contributed by atoms with van der Waals surface area (Å²) in [7, 11) is -4.08. The molecule has 0 aliphatic carbocycles. The van der Waals surface area contributed by atoms with Crippen LogP contribution in [0.3, 0.4) is 0 Å². The average Bonchev–Trinajstić information content (AvgIpc) is 2.55. The van der Waals surface area contributed by atoms with E-state index in [0.717, 1.165) is 12.8 Å². The van der Waals surface area contributed by atoms with Gasteiger partial charge in [0, 0.05) is 29.6 Å². The van der Waals surface area contributed by atoms with Crippen LogP contribution in [0.4, 0.5) is 16.2 Å². The van der Waals surface area contributed by atoms with Gasteiger partial charge in [-0.25, -0.2) is 17.9 Å². The summed E-state index contributed by atoms with van der Waals surface area (Å²) in [4.78, 5) is 15.5. The molecule has 25 heavy (non-hydrogen) atoms. The summed E-state index contributed by atoms with van der Waals surface area (Å²) >= 11 is 5.93. The molecular weight excluding hydrogens is 364 g/mol. The van der Waals surface area contributed by atoms with Crippen LogP contribution in [-0.2, 0) is 10.0 Å². The third-order valence-electron chi connectivity index (χ3n) is 3.22. The summed E-state index contributed by atoms with van der Waals surface area (Å²) in [6, 6.07) is 7.57. The fourth-order valence-corrected chi connectivity index (χ4v) is 3.24. The van der Waals surface area contributed by atoms with Crippen molar-refractivity contribution in [1.29, 1.82) is 0 Å². The third-order valence-corrected chi connectivity index (χ3v) is 4.81. The van der Waals surface area contributed by atoms with Gasteiger partial charge in [0.05, 0.1) is 5.69 Å². The molecule has 2 rings (SSSR count).